The zero-order valence-electron chi connectivity index (χ0n) is 12.1. The maximum Gasteiger partial charge on any atom is 0.232 e. The molecule has 1 aliphatic heterocycles. The molecule has 1 fully saturated rings. The molecule has 1 amide bonds. The first-order chi connectivity index (χ1) is 9.38. The van der Waals surface area contributed by atoms with Gasteiger partial charge in [-0.05, 0) is 25.4 Å². The molecule has 0 bridgehead atoms. The molecule has 2 rings (SSSR count). The fourth-order valence-electron chi connectivity index (χ4n) is 2.57. The second-order valence-electron chi connectivity index (χ2n) is 5.74. The summed E-state index contributed by atoms with van der Waals surface area (Å²) in [5.41, 5.74) is 5.72. The topological polar surface area (TPSA) is 75.3 Å². The lowest BCUT2D eigenvalue weighted by Gasteiger charge is -2.29. The smallest absolute Gasteiger partial charge is 0.232 e. The van der Waals surface area contributed by atoms with Crippen molar-refractivity contribution in [1.29, 1.82) is 0 Å². The normalized spacial score (nSPS) is 23.1. The summed E-state index contributed by atoms with van der Waals surface area (Å²) in [7, 11) is 4.00. The molecule has 1 aliphatic rings. The van der Waals surface area contributed by atoms with Crippen molar-refractivity contribution >= 4 is 34.1 Å². The molecular formula is C12H21N5OS2. The van der Waals surface area contributed by atoms with E-state index in [0.717, 1.165) is 30.4 Å². The van der Waals surface area contributed by atoms with Gasteiger partial charge in [-0.25, -0.2) is 0 Å². The van der Waals surface area contributed by atoms with Gasteiger partial charge in [-0.3, -0.25) is 4.79 Å². The van der Waals surface area contributed by atoms with Crippen LogP contribution in [-0.2, 0) is 4.79 Å². The Kier molecular flexibility index (Phi) is 4.87. The van der Waals surface area contributed by atoms with Crippen LogP contribution in [0.25, 0.3) is 0 Å². The maximum absolute atomic E-state index is 12.2. The quantitative estimate of drug-likeness (QED) is 0.818. The molecule has 1 aromatic rings. The minimum Gasteiger partial charge on any atom is -0.374 e. The number of nitrogens with zero attached hydrogens (tertiary/aromatic N) is 4. The molecule has 0 spiro atoms. The van der Waals surface area contributed by atoms with Crippen LogP contribution in [0.2, 0.25) is 0 Å². The molecule has 112 valence electrons. The van der Waals surface area contributed by atoms with Crippen LogP contribution < -0.4 is 5.73 Å². The Bertz CT molecular complexity index is 480. The second kappa shape index (κ2) is 6.28. The molecule has 1 aromatic heterocycles. The minimum atomic E-state index is 0.125. The largest absolute Gasteiger partial charge is 0.374 e. The van der Waals surface area contributed by atoms with E-state index in [1.165, 1.54) is 23.1 Å². The molecule has 0 radical (unpaired) electrons. The molecule has 8 heteroatoms. The number of nitrogen functional groups attached to an aromatic ring is 1. The van der Waals surface area contributed by atoms with E-state index in [1.54, 1.807) is 0 Å². The van der Waals surface area contributed by atoms with E-state index in [0.29, 0.717) is 10.9 Å². The highest BCUT2D eigenvalue weighted by Crippen LogP contribution is 2.30. The summed E-state index contributed by atoms with van der Waals surface area (Å²) < 4.78 is 0.746. The van der Waals surface area contributed by atoms with Gasteiger partial charge in [0.25, 0.3) is 0 Å². The molecule has 1 atom stereocenters. The van der Waals surface area contributed by atoms with Gasteiger partial charge in [-0.15, -0.1) is 10.2 Å². The van der Waals surface area contributed by atoms with Crippen molar-refractivity contribution in [2.24, 2.45) is 5.41 Å². The summed E-state index contributed by atoms with van der Waals surface area (Å²) in [4.78, 5) is 16.3. The number of likely N-dealkylation sites (tertiary alicyclic amines) is 1. The van der Waals surface area contributed by atoms with Crippen molar-refractivity contribution in [1.82, 2.24) is 20.0 Å². The zero-order valence-corrected chi connectivity index (χ0v) is 13.8. The maximum atomic E-state index is 12.2. The highest BCUT2D eigenvalue weighted by atomic mass is 32.2. The molecule has 0 unspecified atom stereocenters. The molecule has 0 aromatic carbocycles. The van der Waals surface area contributed by atoms with Gasteiger partial charge >= 0.3 is 0 Å². The van der Waals surface area contributed by atoms with Gasteiger partial charge in [-0.2, -0.15) is 0 Å². The number of aromatic nitrogens is 2. The lowest BCUT2D eigenvalue weighted by molar-refractivity contribution is -0.128. The second-order valence-corrected chi connectivity index (χ2v) is 7.97. The SMILES string of the molecule is CN1CC[C@](C)(CN(C)C(=O)CSc2nnc(N)s2)C1. The number of hydrogen-bond donors (Lipinski definition) is 1. The number of carbonyl (C=O) groups is 1. The Labute approximate surface area is 127 Å². The Hall–Kier alpha value is -0.860. The average Bonchev–Trinajstić information content (AvgIpc) is 2.92. The fourth-order valence-corrected chi connectivity index (χ4v) is 4.15. The number of anilines is 1. The zero-order chi connectivity index (χ0) is 14.8. The monoisotopic (exact) mass is 315 g/mol. The van der Waals surface area contributed by atoms with Gasteiger partial charge < -0.3 is 15.5 Å². The molecule has 2 heterocycles. The van der Waals surface area contributed by atoms with Crippen LogP contribution >= 0.6 is 23.1 Å². The van der Waals surface area contributed by atoms with E-state index in [4.69, 9.17) is 5.73 Å². The highest BCUT2D eigenvalue weighted by Gasteiger charge is 2.33. The van der Waals surface area contributed by atoms with Crippen molar-refractivity contribution in [3.8, 4) is 0 Å². The van der Waals surface area contributed by atoms with Gasteiger partial charge in [0.15, 0.2) is 4.34 Å². The van der Waals surface area contributed by atoms with Crippen LogP contribution in [-0.4, -0.2) is 65.4 Å². The molecule has 2 N–H and O–H groups in total. The summed E-state index contributed by atoms with van der Waals surface area (Å²) in [6.45, 7) is 5.20. The first-order valence-electron chi connectivity index (χ1n) is 6.52. The van der Waals surface area contributed by atoms with Crippen LogP contribution in [0.15, 0.2) is 4.34 Å². The summed E-state index contributed by atoms with van der Waals surface area (Å²) >= 11 is 2.71. The number of thioether (sulfide) groups is 1. The lowest BCUT2D eigenvalue weighted by atomic mass is 9.89. The fraction of sp³-hybridized carbons (Fsp3) is 0.750. The molecule has 20 heavy (non-hydrogen) atoms. The number of amides is 1. The highest BCUT2D eigenvalue weighted by molar-refractivity contribution is 8.01. The third-order valence-electron chi connectivity index (χ3n) is 3.53. The van der Waals surface area contributed by atoms with E-state index in [2.05, 4.69) is 29.1 Å². The molecule has 1 saturated heterocycles. The Morgan fingerprint density at radius 3 is 2.90 bits per heavy atom. The predicted molar refractivity (Wildman–Crippen MR) is 82.9 cm³/mol. The van der Waals surface area contributed by atoms with Crippen LogP contribution in [0.5, 0.6) is 0 Å². The van der Waals surface area contributed by atoms with Crippen LogP contribution in [0.1, 0.15) is 13.3 Å². The van der Waals surface area contributed by atoms with Crippen molar-refractivity contribution in [2.45, 2.75) is 17.7 Å². The van der Waals surface area contributed by atoms with Gasteiger partial charge in [0.05, 0.1) is 5.75 Å². The van der Waals surface area contributed by atoms with E-state index >= 15 is 0 Å². The van der Waals surface area contributed by atoms with Crippen molar-refractivity contribution in [3.05, 3.63) is 0 Å². The van der Waals surface area contributed by atoms with E-state index in [1.807, 2.05) is 11.9 Å². The molecule has 6 nitrogen and oxygen atoms in total. The Morgan fingerprint density at radius 1 is 1.60 bits per heavy atom. The van der Waals surface area contributed by atoms with E-state index < -0.39 is 0 Å². The summed E-state index contributed by atoms with van der Waals surface area (Å²) in [6.07, 6.45) is 1.14. The number of hydrogen-bond acceptors (Lipinski definition) is 7. The predicted octanol–water partition coefficient (Wildman–Crippen LogP) is 1.01. The van der Waals surface area contributed by atoms with E-state index in [9.17, 15) is 4.79 Å². The van der Waals surface area contributed by atoms with Crippen LogP contribution in [0, 0.1) is 5.41 Å². The third kappa shape index (κ3) is 4.07. The van der Waals surface area contributed by atoms with Gasteiger partial charge in [0, 0.05) is 20.1 Å². The van der Waals surface area contributed by atoms with Crippen LogP contribution in [0.3, 0.4) is 0 Å². The molecule has 0 saturated carbocycles. The summed E-state index contributed by atoms with van der Waals surface area (Å²) in [6, 6.07) is 0. The Morgan fingerprint density at radius 2 is 2.35 bits per heavy atom. The first-order valence-corrected chi connectivity index (χ1v) is 8.32. The van der Waals surface area contributed by atoms with E-state index in [-0.39, 0.29) is 11.3 Å². The van der Waals surface area contributed by atoms with Gasteiger partial charge in [0.2, 0.25) is 11.0 Å². The summed E-state index contributed by atoms with van der Waals surface area (Å²) in [5.74, 6) is 0.511. The third-order valence-corrected chi connectivity index (χ3v) is 5.41. The first kappa shape index (κ1) is 15.5. The molecule has 0 aliphatic carbocycles. The van der Waals surface area contributed by atoms with Crippen molar-refractivity contribution in [2.75, 3.05) is 45.2 Å². The Balaban J connectivity index is 1.80. The minimum absolute atomic E-state index is 0.125. The van der Waals surface area contributed by atoms with Crippen LogP contribution in [0.4, 0.5) is 5.13 Å². The van der Waals surface area contributed by atoms with Crippen molar-refractivity contribution < 1.29 is 4.79 Å². The van der Waals surface area contributed by atoms with Gasteiger partial charge in [-0.1, -0.05) is 30.0 Å². The number of carbonyl (C=O) groups excluding carboxylic acids is 1. The lowest BCUT2D eigenvalue weighted by Crippen LogP contribution is -2.39. The number of nitrogens with two attached hydrogens (primary N) is 1. The summed E-state index contributed by atoms with van der Waals surface area (Å²) in [5, 5.41) is 8.08. The average molecular weight is 315 g/mol. The number of rotatable bonds is 5. The molecular weight excluding hydrogens is 294 g/mol. The van der Waals surface area contributed by atoms with Gasteiger partial charge in [0.1, 0.15) is 0 Å². The van der Waals surface area contributed by atoms with Crippen molar-refractivity contribution in [3.63, 3.8) is 0 Å². The standard InChI is InChI=1S/C12H21N5OS2/c1-12(4-5-16(2)7-12)8-17(3)9(18)6-19-11-15-14-10(13)20-11/h4-8H2,1-3H3,(H2,13,14)/t12-/m0/s1.